The highest BCUT2D eigenvalue weighted by Crippen LogP contribution is 2.14. The molecule has 0 aliphatic heterocycles. The zero-order valence-electron chi connectivity index (χ0n) is 49.0. The number of hydrogen-bond acceptors (Lipinski definition) is 6. The molecule has 0 radical (unpaired) electrons. The molecule has 0 fully saturated rings. The van der Waals surface area contributed by atoms with Crippen LogP contribution in [0.15, 0.2) is 146 Å². The summed E-state index contributed by atoms with van der Waals surface area (Å²) >= 11 is 0. The summed E-state index contributed by atoms with van der Waals surface area (Å²) in [6, 6.07) is 0. The average molecular weight is 1050 g/mol. The molecular formula is C70H112O6. The quantitative estimate of drug-likeness (QED) is 0.0261. The van der Waals surface area contributed by atoms with E-state index in [1.807, 2.05) is 0 Å². The van der Waals surface area contributed by atoms with E-state index >= 15 is 0 Å². The highest BCUT2D eigenvalue weighted by atomic mass is 16.6. The normalized spacial score (nSPS) is 13.1. The first-order chi connectivity index (χ1) is 37.5. The van der Waals surface area contributed by atoms with Crippen molar-refractivity contribution < 1.29 is 28.6 Å². The van der Waals surface area contributed by atoms with Crippen molar-refractivity contribution in [3.8, 4) is 0 Å². The molecule has 0 saturated heterocycles. The molecule has 0 saturated carbocycles. The van der Waals surface area contributed by atoms with E-state index in [-0.39, 0.29) is 37.5 Å². The van der Waals surface area contributed by atoms with Gasteiger partial charge >= 0.3 is 17.9 Å². The van der Waals surface area contributed by atoms with Crippen molar-refractivity contribution in [1.29, 1.82) is 0 Å². The number of hydrogen-bond donors (Lipinski definition) is 0. The summed E-state index contributed by atoms with van der Waals surface area (Å²) in [5.74, 6) is -0.972. The number of carbonyl (C=O) groups excluding carboxylic acids is 3. The predicted molar refractivity (Wildman–Crippen MR) is 329 cm³/mol. The van der Waals surface area contributed by atoms with Gasteiger partial charge in [0.25, 0.3) is 0 Å². The van der Waals surface area contributed by atoms with E-state index in [9.17, 15) is 14.4 Å². The molecule has 0 aliphatic carbocycles. The van der Waals surface area contributed by atoms with Crippen LogP contribution in [0.4, 0.5) is 0 Å². The van der Waals surface area contributed by atoms with Gasteiger partial charge in [-0.15, -0.1) is 0 Å². The van der Waals surface area contributed by atoms with Gasteiger partial charge in [-0.2, -0.15) is 0 Å². The smallest absolute Gasteiger partial charge is 0.306 e. The lowest BCUT2D eigenvalue weighted by Gasteiger charge is -2.18. The third-order valence-corrected chi connectivity index (χ3v) is 12.6. The van der Waals surface area contributed by atoms with Crippen molar-refractivity contribution in [2.45, 2.75) is 264 Å². The van der Waals surface area contributed by atoms with E-state index in [1.165, 1.54) is 70.6 Å². The van der Waals surface area contributed by atoms with Gasteiger partial charge in [0, 0.05) is 19.3 Å². The van der Waals surface area contributed by atoms with E-state index in [4.69, 9.17) is 14.2 Å². The average Bonchev–Trinajstić information content (AvgIpc) is 3.42. The first kappa shape index (κ1) is 71.3. The van der Waals surface area contributed by atoms with E-state index in [1.54, 1.807) is 0 Å². The van der Waals surface area contributed by atoms with Gasteiger partial charge in [-0.05, 0) is 135 Å². The Hall–Kier alpha value is -4.71. The Morgan fingerprint density at radius 2 is 0.513 bits per heavy atom. The number of esters is 3. The molecule has 1 atom stereocenters. The Bertz CT molecular complexity index is 1680. The van der Waals surface area contributed by atoms with Crippen molar-refractivity contribution >= 4 is 17.9 Å². The zero-order chi connectivity index (χ0) is 55.0. The molecule has 1 unspecified atom stereocenters. The Morgan fingerprint density at radius 1 is 0.276 bits per heavy atom. The minimum atomic E-state index is -0.816. The lowest BCUT2D eigenvalue weighted by atomic mass is 10.1. The summed E-state index contributed by atoms with van der Waals surface area (Å²) in [5, 5.41) is 0. The van der Waals surface area contributed by atoms with E-state index in [0.717, 1.165) is 141 Å². The number of rotatable bonds is 54. The van der Waals surface area contributed by atoms with Gasteiger partial charge in [0.05, 0.1) is 0 Å². The van der Waals surface area contributed by atoms with Crippen LogP contribution in [0.25, 0.3) is 0 Å². The van der Waals surface area contributed by atoms with Crippen molar-refractivity contribution in [3.63, 3.8) is 0 Å². The predicted octanol–water partition coefficient (Wildman–Crippen LogP) is 21.2. The summed E-state index contributed by atoms with van der Waals surface area (Å²) < 4.78 is 16.9. The highest BCUT2D eigenvalue weighted by Gasteiger charge is 2.19. The molecular weight excluding hydrogens is 937 g/mol. The van der Waals surface area contributed by atoms with Gasteiger partial charge in [-0.1, -0.05) is 250 Å². The minimum absolute atomic E-state index is 0.108. The number of ether oxygens (including phenoxy) is 3. The van der Waals surface area contributed by atoms with Crippen LogP contribution in [0, 0.1) is 0 Å². The second-order valence-corrected chi connectivity index (χ2v) is 19.8. The molecule has 6 nitrogen and oxygen atoms in total. The van der Waals surface area contributed by atoms with Gasteiger partial charge < -0.3 is 14.2 Å². The van der Waals surface area contributed by atoms with Crippen molar-refractivity contribution in [2.24, 2.45) is 0 Å². The van der Waals surface area contributed by atoms with Crippen LogP contribution in [0.5, 0.6) is 0 Å². The number of allylic oxidation sites excluding steroid dienone is 24. The standard InChI is InChI=1S/C70H112O6/c1-4-7-10-13-16-19-22-25-28-30-32-34-35-37-38-40-42-45-48-51-54-57-60-63-69(72)75-66-67(65-74-68(71)62-59-56-53-50-47-44-27-24-21-18-15-12-9-6-3)76-70(73)64-61-58-55-52-49-46-43-41-39-36-33-31-29-26-23-20-17-14-11-8-5-2/h7-8,10-11,15-20,24-29,32-34,36,41,43,49,52,67H,4-6,9,12-14,21-23,30-31,35,37-40,42,44-48,50-51,53-66H2,1-3H3/b10-7-,11-8-,18-15-,19-16-,20-17-,27-24-,28-25-,29-26-,34-32-,36-33-,43-41-,52-49-. The maximum atomic E-state index is 12.9. The largest absolute Gasteiger partial charge is 0.462 e. The van der Waals surface area contributed by atoms with Crippen molar-refractivity contribution in [3.05, 3.63) is 146 Å². The lowest BCUT2D eigenvalue weighted by molar-refractivity contribution is -0.167. The maximum Gasteiger partial charge on any atom is 0.306 e. The van der Waals surface area contributed by atoms with Gasteiger partial charge in [0.1, 0.15) is 13.2 Å². The van der Waals surface area contributed by atoms with Crippen molar-refractivity contribution in [1.82, 2.24) is 0 Å². The Balaban J connectivity index is 4.48. The van der Waals surface area contributed by atoms with E-state index < -0.39 is 6.10 Å². The Morgan fingerprint density at radius 3 is 0.829 bits per heavy atom. The number of unbranched alkanes of at least 4 members (excludes halogenated alkanes) is 19. The minimum Gasteiger partial charge on any atom is -0.462 e. The third-order valence-electron chi connectivity index (χ3n) is 12.6. The molecule has 0 spiro atoms. The molecule has 0 aromatic rings. The summed E-state index contributed by atoms with van der Waals surface area (Å²) in [6.07, 6.45) is 89.9. The molecule has 0 heterocycles. The fourth-order valence-electron chi connectivity index (χ4n) is 7.98. The number of carbonyl (C=O) groups is 3. The third kappa shape index (κ3) is 60.2. The second-order valence-electron chi connectivity index (χ2n) is 19.8. The Kier molecular flexibility index (Phi) is 58.9. The van der Waals surface area contributed by atoms with Crippen LogP contribution in [0.3, 0.4) is 0 Å². The zero-order valence-corrected chi connectivity index (χ0v) is 49.0. The monoisotopic (exact) mass is 1050 g/mol. The van der Waals surface area contributed by atoms with E-state index in [2.05, 4.69) is 167 Å². The van der Waals surface area contributed by atoms with Crippen LogP contribution in [0.1, 0.15) is 258 Å². The van der Waals surface area contributed by atoms with Gasteiger partial charge in [0.2, 0.25) is 0 Å². The van der Waals surface area contributed by atoms with Crippen molar-refractivity contribution in [2.75, 3.05) is 13.2 Å². The highest BCUT2D eigenvalue weighted by molar-refractivity contribution is 5.71. The summed E-state index contributed by atoms with van der Waals surface area (Å²) in [7, 11) is 0. The molecule has 0 aromatic carbocycles. The van der Waals surface area contributed by atoms with Gasteiger partial charge in [-0.3, -0.25) is 14.4 Å². The molecule has 0 rings (SSSR count). The molecule has 428 valence electrons. The first-order valence-electron chi connectivity index (χ1n) is 30.8. The van der Waals surface area contributed by atoms with Gasteiger partial charge in [-0.25, -0.2) is 0 Å². The Labute approximate surface area is 467 Å². The fourth-order valence-corrected chi connectivity index (χ4v) is 7.98. The van der Waals surface area contributed by atoms with Crippen LogP contribution in [0.2, 0.25) is 0 Å². The first-order valence-corrected chi connectivity index (χ1v) is 30.8. The summed E-state index contributed by atoms with van der Waals surface area (Å²) in [5.41, 5.74) is 0. The molecule has 6 heteroatoms. The molecule has 0 aliphatic rings. The second kappa shape index (κ2) is 62.8. The topological polar surface area (TPSA) is 78.9 Å². The van der Waals surface area contributed by atoms with Crippen LogP contribution in [-0.2, 0) is 28.6 Å². The van der Waals surface area contributed by atoms with Crippen LogP contribution >= 0.6 is 0 Å². The summed E-state index contributed by atoms with van der Waals surface area (Å²) in [4.78, 5) is 38.3. The molecule has 0 aromatic heterocycles. The molecule has 0 amide bonds. The fraction of sp³-hybridized carbons (Fsp3) is 0.614. The SMILES string of the molecule is CC/C=C\C/C=C\C/C=C\C/C=C\C/C=C\C/C=C\CCCCC(=O)OC(COC(=O)CCCCCCC/C=C\C/C=C\CCCC)COC(=O)CCCCCCCCCCCC/C=C\C/C=C\C/C=C\C/C=C\CC. The van der Waals surface area contributed by atoms with Crippen LogP contribution in [-0.4, -0.2) is 37.2 Å². The summed E-state index contributed by atoms with van der Waals surface area (Å²) in [6.45, 7) is 6.32. The molecule has 76 heavy (non-hydrogen) atoms. The van der Waals surface area contributed by atoms with Gasteiger partial charge in [0.15, 0.2) is 6.10 Å². The van der Waals surface area contributed by atoms with Crippen LogP contribution < -0.4 is 0 Å². The maximum absolute atomic E-state index is 12.9. The molecule has 0 N–H and O–H groups in total. The van der Waals surface area contributed by atoms with E-state index in [0.29, 0.717) is 19.3 Å². The lowest BCUT2D eigenvalue weighted by Crippen LogP contribution is -2.30. The molecule has 0 bridgehead atoms.